The first-order valence-corrected chi connectivity index (χ1v) is 9.35. The van der Waals surface area contributed by atoms with E-state index in [4.69, 9.17) is 11.6 Å². The molecule has 1 aliphatic rings. The number of nitrogens with zero attached hydrogens (tertiary/aromatic N) is 3. The van der Waals surface area contributed by atoms with E-state index < -0.39 is 10.0 Å². The zero-order chi connectivity index (χ0) is 16.7. The maximum absolute atomic E-state index is 11.8. The summed E-state index contributed by atoms with van der Waals surface area (Å²) in [6.45, 7) is 0.270. The summed E-state index contributed by atoms with van der Waals surface area (Å²) in [6, 6.07) is 13.6. The van der Waals surface area contributed by atoms with E-state index in [-0.39, 0.29) is 17.5 Å². The maximum Gasteiger partial charge on any atom is 0.235 e. The van der Waals surface area contributed by atoms with Crippen molar-refractivity contribution in [2.75, 3.05) is 10.5 Å². The number of sulfonamides is 1. The fourth-order valence-electron chi connectivity index (χ4n) is 2.67. The fraction of sp³-hybridized carbons (Fsp3) is 0.125. The molecule has 24 heavy (non-hydrogen) atoms. The predicted molar refractivity (Wildman–Crippen MR) is 93.3 cm³/mol. The zero-order valence-corrected chi connectivity index (χ0v) is 14.0. The molecule has 3 aromatic rings. The molecule has 4 rings (SSSR count). The van der Waals surface area contributed by atoms with Gasteiger partial charge in [-0.2, -0.15) is 5.10 Å². The van der Waals surface area contributed by atoms with Crippen LogP contribution >= 0.6 is 11.6 Å². The van der Waals surface area contributed by atoms with Crippen molar-refractivity contribution in [1.82, 2.24) is 14.8 Å². The molecule has 0 amide bonds. The van der Waals surface area contributed by atoms with Gasteiger partial charge in [-0.3, -0.25) is 9.71 Å². The van der Waals surface area contributed by atoms with Crippen LogP contribution in [0.5, 0.6) is 0 Å². The lowest BCUT2D eigenvalue weighted by molar-refractivity contribution is 0.577. The van der Waals surface area contributed by atoms with Crippen molar-refractivity contribution >= 4 is 27.4 Å². The van der Waals surface area contributed by atoms with Gasteiger partial charge in [-0.25, -0.2) is 13.1 Å². The van der Waals surface area contributed by atoms with Crippen LogP contribution in [-0.2, 0) is 16.6 Å². The number of aryl methyl sites for hydroxylation is 1. The molecule has 0 atom stereocenters. The zero-order valence-electron chi connectivity index (χ0n) is 12.5. The molecule has 0 saturated heterocycles. The second-order valence-corrected chi connectivity index (χ2v) is 7.66. The summed E-state index contributed by atoms with van der Waals surface area (Å²) >= 11 is 6.21. The van der Waals surface area contributed by atoms with Gasteiger partial charge in [0.2, 0.25) is 10.0 Å². The lowest BCUT2D eigenvalue weighted by Gasteiger charge is -2.17. The highest BCUT2D eigenvalue weighted by Crippen LogP contribution is 2.36. The van der Waals surface area contributed by atoms with Gasteiger partial charge in [-0.15, -0.1) is 0 Å². The summed E-state index contributed by atoms with van der Waals surface area (Å²) in [5.41, 5.74) is 3.10. The Morgan fingerprint density at radius 1 is 1.08 bits per heavy atom. The van der Waals surface area contributed by atoms with E-state index in [1.807, 2.05) is 42.5 Å². The van der Waals surface area contributed by atoms with E-state index in [0.29, 0.717) is 17.1 Å². The lowest BCUT2D eigenvalue weighted by Crippen LogP contribution is -2.28. The number of hydrogen-bond acceptors (Lipinski definition) is 4. The van der Waals surface area contributed by atoms with Crippen LogP contribution in [0.3, 0.4) is 0 Å². The van der Waals surface area contributed by atoms with Crippen LogP contribution in [0, 0.1) is 0 Å². The van der Waals surface area contributed by atoms with Crippen molar-refractivity contribution in [3.63, 3.8) is 0 Å². The molecule has 3 heterocycles. The van der Waals surface area contributed by atoms with Gasteiger partial charge in [0, 0.05) is 11.8 Å². The Bertz CT molecular complexity index is 999. The fourth-order valence-corrected chi connectivity index (χ4v) is 3.97. The number of nitrogens with one attached hydrogen (secondary N) is 1. The van der Waals surface area contributed by atoms with Crippen molar-refractivity contribution in [2.24, 2.45) is 0 Å². The average molecular weight is 361 g/mol. The van der Waals surface area contributed by atoms with E-state index in [2.05, 4.69) is 14.8 Å². The van der Waals surface area contributed by atoms with Gasteiger partial charge >= 0.3 is 0 Å². The second-order valence-electron chi connectivity index (χ2n) is 5.46. The minimum absolute atomic E-state index is 0.0160. The second kappa shape index (κ2) is 5.61. The minimum atomic E-state index is -3.36. The van der Waals surface area contributed by atoms with Gasteiger partial charge in [0.05, 0.1) is 23.6 Å². The van der Waals surface area contributed by atoms with E-state index in [1.54, 1.807) is 10.9 Å². The highest BCUT2D eigenvalue weighted by Gasteiger charge is 2.27. The van der Waals surface area contributed by atoms with Crippen LogP contribution in [0.15, 0.2) is 48.7 Å². The average Bonchev–Trinajstić information content (AvgIpc) is 2.90. The summed E-state index contributed by atoms with van der Waals surface area (Å²) in [5.74, 6) is 0.351. The van der Waals surface area contributed by atoms with Crippen LogP contribution in [0.2, 0.25) is 5.15 Å². The van der Waals surface area contributed by atoms with E-state index in [0.717, 1.165) is 11.1 Å². The summed E-state index contributed by atoms with van der Waals surface area (Å²) in [6.07, 6.45) is 1.74. The van der Waals surface area contributed by atoms with Crippen molar-refractivity contribution in [2.45, 2.75) is 6.54 Å². The standard InChI is InChI=1S/C16H13ClN4O2S/c17-15-14(16-20-24(22,23)9-8-21(16)19-15)13-7-6-12(10-18-13)11-4-2-1-3-5-11/h1-7,10,20H,8-9H2. The molecule has 1 aliphatic heterocycles. The Balaban J connectivity index is 1.77. The summed E-state index contributed by atoms with van der Waals surface area (Å²) in [4.78, 5) is 4.44. The SMILES string of the molecule is O=S1(=O)CCn2nc(Cl)c(-c3ccc(-c4ccccc4)cn3)c2N1. The third-order valence-corrected chi connectivity index (χ3v) is 5.35. The van der Waals surface area contributed by atoms with E-state index >= 15 is 0 Å². The van der Waals surface area contributed by atoms with Gasteiger partial charge in [-0.1, -0.05) is 48.0 Å². The van der Waals surface area contributed by atoms with Crippen LogP contribution in [-0.4, -0.2) is 28.9 Å². The number of hydrogen-bond donors (Lipinski definition) is 1. The quantitative estimate of drug-likeness (QED) is 0.762. The summed E-state index contributed by atoms with van der Waals surface area (Å²) < 4.78 is 27.7. The number of benzene rings is 1. The van der Waals surface area contributed by atoms with Crippen LogP contribution in [0.1, 0.15) is 0 Å². The first-order valence-electron chi connectivity index (χ1n) is 7.32. The normalized spacial score (nSPS) is 15.5. The molecule has 8 heteroatoms. The molecule has 0 radical (unpaired) electrons. The molecule has 0 aliphatic carbocycles. The van der Waals surface area contributed by atoms with Crippen LogP contribution < -0.4 is 4.72 Å². The molecule has 1 N–H and O–H groups in total. The monoisotopic (exact) mass is 360 g/mol. The first-order chi connectivity index (χ1) is 11.5. The molecular formula is C16H13ClN4O2S. The van der Waals surface area contributed by atoms with Gasteiger partial charge in [0.1, 0.15) is 5.82 Å². The Morgan fingerprint density at radius 2 is 1.88 bits per heavy atom. The molecule has 0 saturated carbocycles. The molecule has 0 spiro atoms. The molecular weight excluding hydrogens is 348 g/mol. The molecule has 0 unspecified atom stereocenters. The highest BCUT2D eigenvalue weighted by atomic mass is 35.5. The van der Waals surface area contributed by atoms with Gasteiger partial charge < -0.3 is 0 Å². The molecule has 0 bridgehead atoms. The minimum Gasteiger partial charge on any atom is -0.267 e. The summed E-state index contributed by atoms with van der Waals surface area (Å²) in [5, 5.41) is 4.42. The Morgan fingerprint density at radius 3 is 2.58 bits per heavy atom. The molecule has 1 aromatic carbocycles. The number of pyridine rings is 1. The predicted octanol–water partition coefficient (Wildman–Crippen LogP) is 3.02. The van der Waals surface area contributed by atoms with Gasteiger partial charge in [0.25, 0.3) is 0 Å². The van der Waals surface area contributed by atoms with Gasteiger partial charge in [-0.05, 0) is 11.6 Å². The Kier molecular flexibility index (Phi) is 3.54. The van der Waals surface area contributed by atoms with Crippen molar-refractivity contribution in [1.29, 1.82) is 0 Å². The van der Waals surface area contributed by atoms with Crippen molar-refractivity contribution in [3.8, 4) is 22.4 Å². The molecule has 0 fully saturated rings. The Hall–Kier alpha value is -2.38. The third kappa shape index (κ3) is 2.65. The summed E-state index contributed by atoms with van der Waals surface area (Å²) in [7, 11) is -3.36. The third-order valence-electron chi connectivity index (χ3n) is 3.86. The first kappa shape index (κ1) is 15.2. The lowest BCUT2D eigenvalue weighted by atomic mass is 10.1. The smallest absolute Gasteiger partial charge is 0.235 e. The number of aromatic nitrogens is 3. The van der Waals surface area contributed by atoms with Crippen LogP contribution in [0.25, 0.3) is 22.4 Å². The van der Waals surface area contributed by atoms with Crippen molar-refractivity contribution < 1.29 is 8.42 Å². The number of fused-ring (bicyclic) bond motifs is 1. The Labute approximate surface area is 144 Å². The number of anilines is 1. The van der Waals surface area contributed by atoms with Crippen molar-refractivity contribution in [3.05, 3.63) is 53.8 Å². The molecule has 2 aromatic heterocycles. The van der Waals surface area contributed by atoms with Gasteiger partial charge in [0.15, 0.2) is 5.15 Å². The number of halogens is 1. The van der Waals surface area contributed by atoms with E-state index in [1.165, 1.54) is 0 Å². The maximum atomic E-state index is 11.8. The molecule has 122 valence electrons. The molecule has 6 nitrogen and oxygen atoms in total. The van der Waals surface area contributed by atoms with E-state index in [9.17, 15) is 8.42 Å². The largest absolute Gasteiger partial charge is 0.267 e. The number of rotatable bonds is 2. The highest BCUT2D eigenvalue weighted by molar-refractivity contribution is 7.92. The topological polar surface area (TPSA) is 76.9 Å². The van der Waals surface area contributed by atoms with Crippen LogP contribution in [0.4, 0.5) is 5.82 Å².